The Balaban J connectivity index is 3.44. The van der Waals surface area contributed by atoms with E-state index in [2.05, 4.69) is 0 Å². The molecule has 1 rings (SSSR count). The molecule has 0 aliphatic carbocycles. The molecule has 0 spiro atoms. The van der Waals surface area contributed by atoms with Crippen LogP contribution >= 0.6 is 0 Å². The van der Waals surface area contributed by atoms with Gasteiger partial charge in [-0.2, -0.15) is 5.26 Å². The van der Waals surface area contributed by atoms with Gasteiger partial charge in [0.15, 0.2) is 5.75 Å². The monoisotopic (exact) mass is 180 g/mol. The van der Waals surface area contributed by atoms with Gasteiger partial charge in [0.2, 0.25) is 5.75 Å². The van der Waals surface area contributed by atoms with Gasteiger partial charge in [0, 0.05) is 12.1 Å². The highest BCUT2D eigenvalue weighted by atomic mass is 16.6. The fraction of sp³-hybridized carbons (Fsp3) is 0. The Morgan fingerprint density at radius 2 is 2.08 bits per heavy atom. The molecule has 13 heavy (non-hydrogen) atoms. The first-order valence-corrected chi connectivity index (χ1v) is 3.16. The lowest BCUT2D eigenvalue weighted by atomic mass is 10.2. The van der Waals surface area contributed by atoms with Crippen molar-refractivity contribution in [2.75, 3.05) is 0 Å². The minimum Gasteiger partial charge on any atom is -0.504 e. The predicted molar refractivity (Wildman–Crippen MR) is 41.1 cm³/mol. The molecule has 6 nitrogen and oxygen atoms in total. The van der Waals surface area contributed by atoms with Crippen LogP contribution < -0.4 is 0 Å². The molecule has 6 heteroatoms. The molecular weight excluding hydrogens is 176 g/mol. The zero-order valence-electron chi connectivity index (χ0n) is 6.26. The van der Waals surface area contributed by atoms with Crippen molar-refractivity contribution >= 4 is 5.69 Å². The van der Waals surface area contributed by atoms with Gasteiger partial charge in [0.25, 0.3) is 0 Å². The molecule has 0 aliphatic rings. The number of hydrogen-bond acceptors (Lipinski definition) is 5. The molecule has 0 saturated carbocycles. The van der Waals surface area contributed by atoms with Gasteiger partial charge in [0.05, 0.1) is 16.6 Å². The van der Waals surface area contributed by atoms with Crippen molar-refractivity contribution in [1.29, 1.82) is 5.26 Å². The lowest BCUT2D eigenvalue weighted by Crippen LogP contribution is -1.89. The lowest BCUT2D eigenvalue weighted by Gasteiger charge is -1.98. The molecule has 1 aromatic rings. The zero-order chi connectivity index (χ0) is 10.0. The van der Waals surface area contributed by atoms with E-state index in [0.717, 1.165) is 12.1 Å². The number of hydrogen-bond donors (Lipinski definition) is 2. The summed E-state index contributed by atoms with van der Waals surface area (Å²) >= 11 is 0. The molecule has 0 atom stereocenters. The van der Waals surface area contributed by atoms with Crippen LogP contribution in [0.15, 0.2) is 12.1 Å². The molecular formula is C7H4N2O4. The van der Waals surface area contributed by atoms with E-state index in [1.807, 2.05) is 0 Å². The summed E-state index contributed by atoms with van der Waals surface area (Å²) in [6.07, 6.45) is 0. The van der Waals surface area contributed by atoms with Crippen molar-refractivity contribution in [2.24, 2.45) is 0 Å². The minimum absolute atomic E-state index is 0.0815. The Labute approximate surface area is 72.4 Å². The van der Waals surface area contributed by atoms with Crippen LogP contribution in [-0.2, 0) is 0 Å². The van der Waals surface area contributed by atoms with Crippen LogP contribution in [0.5, 0.6) is 11.5 Å². The van der Waals surface area contributed by atoms with Gasteiger partial charge in [-0.25, -0.2) is 0 Å². The summed E-state index contributed by atoms with van der Waals surface area (Å²) in [6, 6.07) is 3.45. The highest BCUT2D eigenvalue weighted by Gasteiger charge is 2.18. The molecule has 2 N–H and O–H groups in total. The number of nitro groups is 1. The Morgan fingerprint density at radius 1 is 1.46 bits per heavy atom. The standard InChI is InChI=1S/C7H4N2O4/c8-3-4-1-5(9(12)13)7(11)6(10)2-4/h1-2,10-11H. The maximum Gasteiger partial charge on any atom is 0.315 e. The average Bonchev–Trinajstić information content (AvgIpc) is 2.09. The lowest BCUT2D eigenvalue weighted by molar-refractivity contribution is -0.386. The number of nitro benzene ring substituents is 1. The maximum absolute atomic E-state index is 10.3. The van der Waals surface area contributed by atoms with Gasteiger partial charge in [-0.3, -0.25) is 10.1 Å². The average molecular weight is 180 g/mol. The summed E-state index contributed by atoms with van der Waals surface area (Å²) in [6.45, 7) is 0. The maximum atomic E-state index is 10.3. The van der Waals surface area contributed by atoms with Crippen molar-refractivity contribution in [3.8, 4) is 17.6 Å². The molecule has 0 saturated heterocycles. The Morgan fingerprint density at radius 3 is 2.54 bits per heavy atom. The second-order valence-electron chi connectivity index (χ2n) is 2.23. The third kappa shape index (κ3) is 1.49. The van der Waals surface area contributed by atoms with Gasteiger partial charge in [-0.15, -0.1) is 0 Å². The van der Waals surface area contributed by atoms with E-state index < -0.39 is 22.1 Å². The Kier molecular flexibility index (Phi) is 2.02. The van der Waals surface area contributed by atoms with E-state index in [4.69, 9.17) is 15.5 Å². The van der Waals surface area contributed by atoms with Gasteiger partial charge in [-0.05, 0) is 0 Å². The largest absolute Gasteiger partial charge is 0.504 e. The van der Waals surface area contributed by atoms with E-state index >= 15 is 0 Å². The van der Waals surface area contributed by atoms with Crippen LogP contribution in [0.25, 0.3) is 0 Å². The summed E-state index contributed by atoms with van der Waals surface area (Å²) in [4.78, 5) is 9.39. The fourth-order valence-electron chi connectivity index (χ4n) is 0.808. The SMILES string of the molecule is N#Cc1cc(O)c(O)c([N+](=O)[O-])c1. The minimum atomic E-state index is -0.879. The van der Waals surface area contributed by atoms with Crippen molar-refractivity contribution < 1.29 is 15.1 Å². The molecule has 0 heterocycles. The Hall–Kier alpha value is -2.29. The normalized spacial score (nSPS) is 9.15. The molecule has 0 radical (unpaired) electrons. The fourth-order valence-corrected chi connectivity index (χ4v) is 0.808. The number of phenols is 2. The third-order valence-electron chi connectivity index (χ3n) is 1.40. The molecule has 0 amide bonds. The van der Waals surface area contributed by atoms with Crippen LogP contribution in [-0.4, -0.2) is 15.1 Å². The Bertz CT molecular complexity index is 408. The van der Waals surface area contributed by atoms with Gasteiger partial charge in [0.1, 0.15) is 0 Å². The first-order chi connectivity index (χ1) is 6.06. The van der Waals surface area contributed by atoms with E-state index in [1.54, 1.807) is 6.07 Å². The molecule has 0 bridgehead atoms. The highest BCUT2D eigenvalue weighted by Crippen LogP contribution is 2.35. The summed E-state index contributed by atoms with van der Waals surface area (Å²) in [5.74, 6) is -1.50. The summed E-state index contributed by atoms with van der Waals surface area (Å²) in [7, 11) is 0. The van der Waals surface area contributed by atoms with Gasteiger partial charge >= 0.3 is 5.69 Å². The van der Waals surface area contributed by atoms with Crippen LogP contribution in [0, 0.1) is 21.4 Å². The zero-order valence-corrected chi connectivity index (χ0v) is 6.26. The number of aromatic hydroxyl groups is 2. The van der Waals surface area contributed by atoms with Gasteiger partial charge < -0.3 is 10.2 Å². The quantitative estimate of drug-likeness (QED) is 0.379. The van der Waals surface area contributed by atoms with Crippen molar-refractivity contribution in [1.82, 2.24) is 0 Å². The second kappa shape index (κ2) is 2.98. The van der Waals surface area contributed by atoms with Crippen molar-refractivity contribution in [3.63, 3.8) is 0 Å². The third-order valence-corrected chi connectivity index (χ3v) is 1.40. The first-order valence-electron chi connectivity index (χ1n) is 3.16. The van der Waals surface area contributed by atoms with Gasteiger partial charge in [-0.1, -0.05) is 0 Å². The van der Waals surface area contributed by atoms with E-state index in [-0.39, 0.29) is 5.56 Å². The van der Waals surface area contributed by atoms with Crippen molar-refractivity contribution in [3.05, 3.63) is 27.8 Å². The number of rotatable bonds is 1. The smallest absolute Gasteiger partial charge is 0.315 e. The molecule has 66 valence electrons. The number of benzene rings is 1. The summed E-state index contributed by atoms with van der Waals surface area (Å²) < 4.78 is 0. The molecule has 1 aromatic carbocycles. The molecule has 0 aliphatic heterocycles. The molecule has 0 unspecified atom stereocenters. The second-order valence-corrected chi connectivity index (χ2v) is 2.23. The van der Waals surface area contributed by atoms with Crippen molar-refractivity contribution in [2.45, 2.75) is 0 Å². The summed E-state index contributed by atoms with van der Waals surface area (Å²) in [5.41, 5.74) is -0.765. The highest BCUT2D eigenvalue weighted by molar-refractivity contribution is 5.58. The molecule has 0 fully saturated rings. The molecule has 0 aromatic heterocycles. The van der Waals surface area contributed by atoms with E-state index in [1.165, 1.54) is 0 Å². The topological polar surface area (TPSA) is 107 Å². The van der Waals surface area contributed by atoms with E-state index in [0.29, 0.717) is 0 Å². The van der Waals surface area contributed by atoms with Crippen LogP contribution in [0.2, 0.25) is 0 Å². The first kappa shape index (κ1) is 8.80. The number of nitriles is 1. The summed E-state index contributed by atoms with van der Waals surface area (Å²) in [5, 5.41) is 36.6. The number of phenolic OH excluding ortho intramolecular Hbond substituents is 2. The van der Waals surface area contributed by atoms with Crippen LogP contribution in [0.3, 0.4) is 0 Å². The number of nitrogens with zero attached hydrogens (tertiary/aromatic N) is 2. The predicted octanol–water partition coefficient (Wildman–Crippen LogP) is 0.878. The van der Waals surface area contributed by atoms with E-state index in [9.17, 15) is 10.1 Å². The van der Waals surface area contributed by atoms with Crippen LogP contribution in [0.1, 0.15) is 5.56 Å². The van der Waals surface area contributed by atoms with Crippen LogP contribution in [0.4, 0.5) is 5.69 Å².